The molecule has 1 aliphatic heterocycles. The van der Waals surface area contributed by atoms with E-state index >= 15 is 0 Å². The van der Waals surface area contributed by atoms with Crippen LogP contribution in [0.5, 0.6) is 0 Å². The Bertz CT molecular complexity index is 1110. The zero-order valence-corrected chi connectivity index (χ0v) is 17.7. The van der Waals surface area contributed by atoms with Gasteiger partial charge in [0.05, 0.1) is 21.8 Å². The van der Waals surface area contributed by atoms with Crippen molar-refractivity contribution in [3.05, 3.63) is 69.3 Å². The van der Waals surface area contributed by atoms with Gasteiger partial charge in [-0.2, -0.15) is 0 Å². The van der Waals surface area contributed by atoms with Gasteiger partial charge in [0.25, 0.3) is 5.91 Å². The number of aromatic nitrogens is 1. The molecule has 2 heterocycles. The molecule has 1 aromatic heterocycles. The van der Waals surface area contributed by atoms with Gasteiger partial charge in [-0.15, -0.1) is 0 Å². The second kappa shape index (κ2) is 7.67. The number of carbonyl (C=O) groups excluding carboxylic acids is 1. The fourth-order valence-corrected chi connectivity index (χ4v) is 4.70. The highest BCUT2D eigenvalue weighted by Gasteiger charge is 2.31. The van der Waals surface area contributed by atoms with E-state index in [1.807, 2.05) is 24.3 Å². The summed E-state index contributed by atoms with van der Waals surface area (Å²) < 4.78 is 1.00. The Labute approximate surface area is 180 Å². The minimum Gasteiger partial charge on any atom is -0.351 e. The number of hydrogen-bond acceptors (Lipinski definition) is 4. The van der Waals surface area contributed by atoms with Gasteiger partial charge in [-0.1, -0.05) is 52.7 Å². The van der Waals surface area contributed by atoms with Crippen molar-refractivity contribution in [1.82, 2.24) is 15.6 Å². The molecule has 2 aromatic carbocycles. The molecule has 3 aromatic rings. The lowest BCUT2D eigenvalue weighted by molar-refractivity contribution is -0.113. The average Bonchev–Trinajstić information content (AvgIpc) is 3.03. The topological polar surface area (TPSA) is 66.0 Å². The van der Waals surface area contributed by atoms with E-state index in [0.717, 1.165) is 10.2 Å². The van der Waals surface area contributed by atoms with Gasteiger partial charge >= 0.3 is 0 Å². The first-order valence-electron chi connectivity index (χ1n) is 8.32. The van der Waals surface area contributed by atoms with Crippen molar-refractivity contribution in [3.8, 4) is 0 Å². The van der Waals surface area contributed by atoms with Crippen molar-refractivity contribution in [2.75, 3.05) is 5.32 Å². The summed E-state index contributed by atoms with van der Waals surface area (Å²) in [5.74, 6) is -0.282. The van der Waals surface area contributed by atoms with Crippen molar-refractivity contribution in [3.63, 3.8) is 0 Å². The number of carbonyl (C=O) groups is 1. The third kappa shape index (κ3) is 3.71. The summed E-state index contributed by atoms with van der Waals surface area (Å²) in [6.45, 7) is 1.80. The quantitative estimate of drug-likeness (QED) is 0.490. The van der Waals surface area contributed by atoms with Gasteiger partial charge in [0, 0.05) is 15.7 Å². The van der Waals surface area contributed by atoms with Crippen molar-refractivity contribution in [2.45, 2.75) is 13.0 Å². The fraction of sp³-hybridized carbons (Fsp3) is 0.105. The minimum absolute atomic E-state index is 0.282. The highest BCUT2D eigenvalue weighted by Crippen LogP contribution is 2.34. The predicted molar refractivity (Wildman–Crippen MR) is 119 cm³/mol. The number of fused-ring (bicyclic) bond motifs is 1. The molecule has 1 atom stereocenters. The van der Waals surface area contributed by atoms with Gasteiger partial charge in [-0.3, -0.25) is 10.1 Å². The summed E-state index contributed by atoms with van der Waals surface area (Å²) in [4.78, 5) is 17.6. The fourth-order valence-electron chi connectivity index (χ4n) is 3.05. The maximum absolute atomic E-state index is 13.1. The number of allylic oxidation sites excluding steroid dienone is 1. The average molecular weight is 449 g/mol. The summed E-state index contributed by atoms with van der Waals surface area (Å²) in [7, 11) is 0. The summed E-state index contributed by atoms with van der Waals surface area (Å²) in [6.07, 6.45) is 0. The Morgan fingerprint density at radius 2 is 2.04 bits per heavy atom. The molecular weight excluding hydrogens is 435 g/mol. The van der Waals surface area contributed by atoms with Crippen LogP contribution >= 0.6 is 46.8 Å². The van der Waals surface area contributed by atoms with Crippen molar-refractivity contribution in [1.29, 1.82) is 0 Å². The second-order valence-electron chi connectivity index (χ2n) is 6.18. The van der Waals surface area contributed by atoms with E-state index in [4.69, 9.17) is 35.4 Å². The van der Waals surface area contributed by atoms with Gasteiger partial charge in [0.2, 0.25) is 0 Å². The number of amides is 1. The smallest absolute Gasteiger partial charge is 0.257 e. The molecule has 9 heteroatoms. The zero-order chi connectivity index (χ0) is 19.8. The number of hydrogen-bond donors (Lipinski definition) is 3. The summed E-state index contributed by atoms with van der Waals surface area (Å²) in [5.41, 5.74) is 2.69. The number of nitrogens with zero attached hydrogens (tertiary/aromatic N) is 1. The van der Waals surface area contributed by atoms with Crippen LogP contribution < -0.4 is 16.0 Å². The molecule has 0 saturated carbocycles. The molecule has 1 unspecified atom stereocenters. The van der Waals surface area contributed by atoms with E-state index < -0.39 is 6.04 Å². The molecule has 0 bridgehead atoms. The Kier molecular flexibility index (Phi) is 5.25. The minimum atomic E-state index is -0.507. The normalized spacial score (nSPS) is 16.7. The first-order chi connectivity index (χ1) is 13.4. The Morgan fingerprint density at radius 1 is 1.25 bits per heavy atom. The molecular formula is C19H14Cl2N4OS2. The molecule has 28 heavy (non-hydrogen) atoms. The molecule has 0 radical (unpaired) electrons. The van der Waals surface area contributed by atoms with Gasteiger partial charge in [0.15, 0.2) is 10.2 Å². The number of halogens is 2. The van der Waals surface area contributed by atoms with Crippen LogP contribution in [0.1, 0.15) is 18.5 Å². The second-order valence-corrected chi connectivity index (χ2v) is 8.46. The van der Waals surface area contributed by atoms with E-state index in [-0.39, 0.29) is 5.91 Å². The number of thiocarbonyl (C=S) groups is 1. The number of anilines is 1. The third-order valence-electron chi connectivity index (χ3n) is 4.30. The van der Waals surface area contributed by atoms with Crippen LogP contribution in [0.4, 0.5) is 5.13 Å². The van der Waals surface area contributed by atoms with Gasteiger partial charge in [0.1, 0.15) is 0 Å². The van der Waals surface area contributed by atoms with Crippen LogP contribution in [0, 0.1) is 0 Å². The summed E-state index contributed by atoms with van der Waals surface area (Å²) in [5, 5.41) is 10.9. The highest BCUT2D eigenvalue weighted by molar-refractivity contribution is 7.80. The van der Waals surface area contributed by atoms with Gasteiger partial charge in [-0.25, -0.2) is 4.98 Å². The van der Waals surface area contributed by atoms with Crippen LogP contribution in [-0.2, 0) is 4.79 Å². The van der Waals surface area contributed by atoms with Crippen LogP contribution in [0.15, 0.2) is 53.7 Å². The standard InChI is InChI=1S/C19H14Cl2N4OS2/c1-9-15(17(26)25-19-23-13-4-2-3-5-14(13)28-19)16(24-18(27)22-9)11-7-6-10(20)8-12(11)21/h2-8,16H,1H3,(H2,22,24,27)(H,23,25,26). The Morgan fingerprint density at radius 3 is 2.79 bits per heavy atom. The van der Waals surface area contributed by atoms with Gasteiger partial charge < -0.3 is 10.6 Å². The number of para-hydroxylation sites is 1. The maximum atomic E-state index is 13.1. The largest absolute Gasteiger partial charge is 0.351 e. The molecule has 5 nitrogen and oxygen atoms in total. The van der Waals surface area contributed by atoms with Crippen LogP contribution in [-0.4, -0.2) is 16.0 Å². The van der Waals surface area contributed by atoms with Crippen molar-refractivity contribution < 1.29 is 4.79 Å². The lowest BCUT2D eigenvalue weighted by Gasteiger charge is -2.30. The molecule has 0 spiro atoms. The number of nitrogens with one attached hydrogen (secondary N) is 3. The van der Waals surface area contributed by atoms with E-state index in [1.165, 1.54) is 11.3 Å². The molecule has 1 amide bonds. The Balaban J connectivity index is 1.70. The Hall–Kier alpha value is -2.19. The van der Waals surface area contributed by atoms with Crippen LogP contribution in [0.25, 0.3) is 10.2 Å². The lowest BCUT2D eigenvalue weighted by atomic mass is 9.95. The molecule has 4 rings (SSSR count). The number of thiazole rings is 1. The monoisotopic (exact) mass is 448 g/mol. The van der Waals surface area contributed by atoms with Crippen LogP contribution in [0.2, 0.25) is 10.0 Å². The van der Waals surface area contributed by atoms with E-state index in [9.17, 15) is 4.79 Å². The first kappa shape index (κ1) is 19.1. The molecule has 142 valence electrons. The number of benzene rings is 2. The first-order valence-corrected chi connectivity index (χ1v) is 10.3. The van der Waals surface area contributed by atoms with Gasteiger partial charge in [-0.05, 0) is 49.0 Å². The highest BCUT2D eigenvalue weighted by atomic mass is 35.5. The molecule has 0 fully saturated rings. The third-order valence-corrected chi connectivity index (χ3v) is 6.04. The van der Waals surface area contributed by atoms with Crippen LogP contribution in [0.3, 0.4) is 0 Å². The van der Waals surface area contributed by atoms with Crippen molar-refractivity contribution in [2.24, 2.45) is 0 Å². The molecule has 0 saturated heterocycles. The SMILES string of the molecule is CC1=C(C(=O)Nc2nc3ccccc3s2)C(c2ccc(Cl)cc2Cl)NC(=S)N1. The van der Waals surface area contributed by atoms with Crippen molar-refractivity contribution >= 4 is 73.1 Å². The molecule has 0 aliphatic carbocycles. The molecule has 1 aliphatic rings. The van der Waals surface area contributed by atoms with E-state index in [1.54, 1.807) is 25.1 Å². The maximum Gasteiger partial charge on any atom is 0.257 e. The number of rotatable bonds is 3. The molecule has 3 N–H and O–H groups in total. The summed E-state index contributed by atoms with van der Waals surface area (Å²) >= 11 is 19.1. The van der Waals surface area contributed by atoms with E-state index in [0.29, 0.717) is 37.1 Å². The predicted octanol–water partition coefficient (Wildman–Crippen LogP) is 5.03. The summed E-state index contributed by atoms with van der Waals surface area (Å²) in [6, 6.07) is 12.4. The van der Waals surface area contributed by atoms with E-state index in [2.05, 4.69) is 20.9 Å². The lowest BCUT2D eigenvalue weighted by Crippen LogP contribution is -2.45. The zero-order valence-electron chi connectivity index (χ0n) is 14.5.